The van der Waals surface area contributed by atoms with E-state index in [1.165, 1.54) is 18.2 Å². The number of hydrogen-bond donors (Lipinski definition) is 1. The van der Waals surface area contributed by atoms with Crippen molar-refractivity contribution < 1.29 is 9.72 Å². The van der Waals surface area contributed by atoms with Crippen LogP contribution in [0.5, 0.6) is 0 Å². The average molecular weight is 390 g/mol. The van der Waals surface area contributed by atoms with Gasteiger partial charge in [0.05, 0.1) is 27.1 Å². The molecular weight excluding hydrogens is 378 g/mol. The van der Waals surface area contributed by atoms with Crippen LogP contribution in [0.2, 0.25) is 5.02 Å². The Hall–Kier alpha value is -2.91. The number of hydrogen-bond acceptors (Lipinski definition) is 6. The number of non-ortho nitro benzene ring substituents is 1. The van der Waals surface area contributed by atoms with Gasteiger partial charge >= 0.3 is 0 Å². The van der Waals surface area contributed by atoms with Crippen LogP contribution in [0.3, 0.4) is 0 Å². The van der Waals surface area contributed by atoms with Gasteiger partial charge in [-0.1, -0.05) is 41.6 Å². The van der Waals surface area contributed by atoms with Gasteiger partial charge in [-0.2, -0.15) is 0 Å². The number of amides is 1. The van der Waals surface area contributed by atoms with Gasteiger partial charge in [0.15, 0.2) is 0 Å². The molecule has 132 valence electrons. The van der Waals surface area contributed by atoms with Crippen LogP contribution in [-0.4, -0.2) is 31.3 Å². The van der Waals surface area contributed by atoms with Crippen molar-refractivity contribution in [3.8, 4) is 5.69 Å². The van der Waals surface area contributed by atoms with Crippen LogP contribution >= 0.6 is 23.4 Å². The van der Waals surface area contributed by atoms with Gasteiger partial charge in [-0.05, 0) is 18.2 Å². The Balaban J connectivity index is 1.61. The number of nitrogens with one attached hydrogen (secondary N) is 1. The first-order chi connectivity index (χ1) is 12.5. The minimum Gasteiger partial charge on any atom is -0.324 e. The van der Waals surface area contributed by atoms with Gasteiger partial charge in [-0.3, -0.25) is 14.9 Å². The summed E-state index contributed by atoms with van der Waals surface area (Å²) in [5, 5.41) is 18.3. The number of para-hydroxylation sites is 1. The van der Waals surface area contributed by atoms with Crippen molar-refractivity contribution in [2.75, 3.05) is 11.1 Å². The van der Waals surface area contributed by atoms with E-state index in [9.17, 15) is 14.9 Å². The van der Waals surface area contributed by atoms with Crippen molar-refractivity contribution in [3.05, 3.63) is 70.0 Å². The number of benzene rings is 2. The molecule has 1 heterocycles. The zero-order valence-corrected chi connectivity index (χ0v) is 14.8. The Morgan fingerprint density at radius 1 is 1.27 bits per heavy atom. The van der Waals surface area contributed by atoms with Crippen LogP contribution in [0, 0.1) is 10.1 Å². The van der Waals surface area contributed by atoms with Gasteiger partial charge in [0.1, 0.15) is 6.33 Å². The first kappa shape index (κ1) is 17.9. The van der Waals surface area contributed by atoms with E-state index in [4.69, 9.17) is 11.6 Å². The molecule has 0 saturated carbocycles. The second kappa shape index (κ2) is 7.98. The van der Waals surface area contributed by atoms with E-state index in [1.807, 2.05) is 30.3 Å². The molecule has 0 aliphatic heterocycles. The summed E-state index contributed by atoms with van der Waals surface area (Å²) < 4.78 is 1.61. The standard InChI is InChI=1S/C16H12ClN5O3S/c17-13-7-6-12(22(24)25)8-14(13)19-15(23)9-26-16-18-10-21(20-16)11-4-2-1-3-5-11/h1-8,10H,9H2,(H,19,23). The minimum atomic E-state index is -0.555. The number of rotatable bonds is 6. The third-order valence-corrected chi connectivity index (χ3v) is 4.44. The van der Waals surface area contributed by atoms with Crippen molar-refractivity contribution in [2.45, 2.75) is 5.16 Å². The minimum absolute atomic E-state index is 0.0395. The fraction of sp³-hybridized carbons (Fsp3) is 0.0625. The highest BCUT2D eigenvalue weighted by Crippen LogP contribution is 2.27. The zero-order chi connectivity index (χ0) is 18.5. The predicted octanol–water partition coefficient (Wildman–Crippen LogP) is 3.56. The van der Waals surface area contributed by atoms with E-state index in [0.717, 1.165) is 17.4 Å². The van der Waals surface area contributed by atoms with E-state index in [2.05, 4.69) is 15.4 Å². The molecule has 0 aliphatic carbocycles. The summed E-state index contributed by atoms with van der Waals surface area (Å²) in [6.45, 7) is 0. The third-order valence-electron chi connectivity index (χ3n) is 3.26. The topological polar surface area (TPSA) is 103 Å². The number of nitro benzene ring substituents is 1. The molecule has 0 radical (unpaired) electrons. The third kappa shape index (κ3) is 4.38. The fourth-order valence-corrected chi connectivity index (χ4v) is 2.82. The highest BCUT2D eigenvalue weighted by Gasteiger charge is 2.13. The van der Waals surface area contributed by atoms with Crippen LogP contribution in [0.4, 0.5) is 11.4 Å². The number of carbonyl (C=O) groups is 1. The molecule has 0 saturated heterocycles. The lowest BCUT2D eigenvalue weighted by Crippen LogP contribution is -2.14. The summed E-state index contributed by atoms with van der Waals surface area (Å²) in [6, 6.07) is 13.3. The van der Waals surface area contributed by atoms with Crippen molar-refractivity contribution in [2.24, 2.45) is 0 Å². The summed E-state index contributed by atoms with van der Waals surface area (Å²) in [5.41, 5.74) is 0.898. The summed E-state index contributed by atoms with van der Waals surface area (Å²) in [4.78, 5) is 26.5. The molecule has 1 amide bonds. The summed E-state index contributed by atoms with van der Waals surface area (Å²) in [5.74, 6) is -0.328. The molecule has 0 fully saturated rings. The van der Waals surface area contributed by atoms with E-state index in [0.29, 0.717) is 5.16 Å². The number of carbonyl (C=O) groups excluding carboxylic acids is 1. The van der Waals surface area contributed by atoms with E-state index >= 15 is 0 Å². The fourth-order valence-electron chi connectivity index (χ4n) is 2.06. The van der Waals surface area contributed by atoms with Gasteiger partial charge in [0.25, 0.3) is 5.69 Å². The smallest absolute Gasteiger partial charge is 0.271 e. The SMILES string of the molecule is O=C(CSc1ncn(-c2ccccc2)n1)Nc1cc([N+](=O)[O-])ccc1Cl. The van der Waals surface area contributed by atoms with Gasteiger partial charge in [0.2, 0.25) is 11.1 Å². The first-order valence-corrected chi connectivity index (χ1v) is 8.73. The number of nitro groups is 1. The molecule has 1 N–H and O–H groups in total. The second-order valence-electron chi connectivity index (χ2n) is 5.07. The molecule has 1 aromatic heterocycles. The van der Waals surface area contributed by atoms with E-state index in [-0.39, 0.29) is 28.1 Å². The molecule has 2 aromatic carbocycles. The average Bonchev–Trinajstić information content (AvgIpc) is 3.11. The van der Waals surface area contributed by atoms with Gasteiger partial charge in [-0.25, -0.2) is 9.67 Å². The number of halogens is 1. The maximum Gasteiger partial charge on any atom is 0.271 e. The molecule has 0 atom stereocenters. The van der Waals surface area contributed by atoms with Crippen LogP contribution < -0.4 is 5.32 Å². The monoisotopic (exact) mass is 389 g/mol. The largest absolute Gasteiger partial charge is 0.324 e. The van der Waals surface area contributed by atoms with Gasteiger partial charge in [0, 0.05) is 12.1 Å². The highest BCUT2D eigenvalue weighted by molar-refractivity contribution is 7.99. The van der Waals surface area contributed by atoms with Crippen LogP contribution in [0.25, 0.3) is 5.69 Å². The maximum atomic E-state index is 12.1. The Labute approximate surface area is 157 Å². The molecule has 0 aliphatic rings. The Morgan fingerprint density at radius 3 is 2.77 bits per heavy atom. The molecule has 26 heavy (non-hydrogen) atoms. The van der Waals surface area contributed by atoms with Crippen LogP contribution in [0.15, 0.2) is 60.0 Å². The second-order valence-corrected chi connectivity index (χ2v) is 6.42. The number of thioether (sulfide) groups is 1. The highest BCUT2D eigenvalue weighted by atomic mass is 35.5. The summed E-state index contributed by atoms with van der Waals surface area (Å²) >= 11 is 7.11. The number of aromatic nitrogens is 3. The Bertz CT molecular complexity index is 948. The molecule has 0 spiro atoms. The number of anilines is 1. The molecule has 10 heteroatoms. The number of nitrogens with zero attached hydrogens (tertiary/aromatic N) is 4. The predicted molar refractivity (Wildman–Crippen MR) is 98.8 cm³/mol. The molecular formula is C16H12ClN5O3S. The Morgan fingerprint density at radius 2 is 2.04 bits per heavy atom. The van der Waals surface area contributed by atoms with Crippen LogP contribution in [-0.2, 0) is 4.79 Å². The van der Waals surface area contributed by atoms with Crippen molar-refractivity contribution >= 4 is 40.6 Å². The molecule has 3 aromatic rings. The van der Waals surface area contributed by atoms with E-state index in [1.54, 1.807) is 11.0 Å². The normalized spacial score (nSPS) is 10.5. The first-order valence-electron chi connectivity index (χ1n) is 7.36. The van der Waals surface area contributed by atoms with Crippen LogP contribution in [0.1, 0.15) is 0 Å². The lowest BCUT2D eigenvalue weighted by Gasteiger charge is -2.06. The van der Waals surface area contributed by atoms with Gasteiger partial charge in [-0.15, -0.1) is 5.10 Å². The summed E-state index contributed by atoms with van der Waals surface area (Å²) in [7, 11) is 0. The van der Waals surface area contributed by atoms with Crippen molar-refractivity contribution in [1.82, 2.24) is 14.8 Å². The quantitative estimate of drug-likeness (QED) is 0.393. The molecule has 0 unspecified atom stereocenters. The lowest BCUT2D eigenvalue weighted by atomic mass is 10.3. The Kier molecular flexibility index (Phi) is 5.49. The van der Waals surface area contributed by atoms with E-state index < -0.39 is 4.92 Å². The molecule has 3 rings (SSSR count). The molecule has 0 bridgehead atoms. The van der Waals surface area contributed by atoms with Crippen molar-refractivity contribution in [1.29, 1.82) is 0 Å². The molecule has 8 nitrogen and oxygen atoms in total. The maximum absolute atomic E-state index is 12.1. The van der Waals surface area contributed by atoms with Crippen molar-refractivity contribution in [3.63, 3.8) is 0 Å². The summed E-state index contributed by atoms with van der Waals surface area (Å²) in [6.07, 6.45) is 1.56. The van der Waals surface area contributed by atoms with Gasteiger partial charge < -0.3 is 5.32 Å². The zero-order valence-electron chi connectivity index (χ0n) is 13.2. The lowest BCUT2D eigenvalue weighted by molar-refractivity contribution is -0.384.